The molecular weight excluding hydrogens is 270 g/mol. The first-order chi connectivity index (χ1) is 9.79. The van der Waals surface area contributed by atoms with E-state index in [4.69, 9.17) is 16.3 Å². The Kier molecular flexibility index (Phi) is 6.68. The van der Waals surface area contributed by atoms with E-state index in [1.807, 2.05) is 24.3 Å². The van der Waals surface area contributed by atoms with E-state index < -0.39 is 0 Å². The maximum Gasteiger partial charge on any atom is 0.119 e. The van der Waals surface area contributed by atoms with Crippen LogP contribution in [-0.4, -0.2) is 30.6 Å². The second-order valence-electron chi connectivity index (χ2n) is 5.63. The number of ether oxygens (including phenoxy) is 1. The van der Waals surface area contributed by atoms with Gasteiger partial charge in [-0.3, -0.25) is 0 Å². The van der Waals surface area contributed by atoms with Gasteiger partial charge in [0.25, 0.3) is 0 Å². The summed E-state index contributed by atoms with van der Waals surface area (Å²) in [6, 6.07) is 8.36. The monoisotopic (exact) mass is 295 g/mol. The van der Waals surface area contributed by atoms with E-state index >= 15 is 0 Å². The van der Waals surface area contributed by atoms with Crippen molar-refractivity contribution in [3.8, 4) is 5.75 Å². The van der Waals surface area contributed by atoms with Crippen molar-refractivity contribution < 1.29 is 4.74 Å². The number of piperidine rings is 1. The van der Waals surface area contributed by atoms with E-state index in [9.17, 15) is 0 Å². The summed E-state index contributed by atoms with van der Waals surface area (Å²) in [5.74, 6) is 0.922. The average molecular weight is 296 g/mol. The van der Waals surface area contributed by atoms with Crippen molar-refractivity contribution in [2.24, 2.45) is 0 Å². The Morgan fingerprint density at radius 3 is 2.80 bits per heavy atom. The highest BCUT2D eigenvalue weighted by Crippen LogP contribution is 2.21. The first kappa shape index (κ1) is 15.7. The molecule has 0 amide bonds. The zero-order valence-electron chi connectivity index (χ0n) is 12.5. The molecule has 1 heterocycles. The van der Waals surface area contributed by atoms with Crippen molar-refractivity contribution >= 4 is 11.6 Å². The molecule has 0 radical (unpaired) electrons. The number of unbranched alkanes of at least 4 members (excludes halogenated alkanes) is 1. The Labute approximate surface area is 128 Å². The van der Waals surface area contributed by atoms with E-state index in [0.717, 1.165) is 23.8 Å². The van der Waals surface area contributed by atoms with E-state index in [-0.39, 0.29) is 0 Å². The van der Waals surface area contributed by atoms with Gasteiger partial charge < -0.3 is 9.64 Å². The van der Waals surface area contributed by atoms with Gasteiger partial charge in [-0.2, -0.15) is 0 Å². The van der Waals surface area contributed by atoms with Crippen molar-refractivity contribution in [1.82, 2.24) is 4.90 Å². The minimum atomic E-state index is 0.711. The quantitative estimate of drug-likeness (QED) is 0.719. The molecule has 1 aromatic carbocycles. The summed E-state index contributed by atoms with van der Waals surface area (Å²) in [5.41, 5.74) is 0. The zero-order chi connectivity index (χ0) is 14.2. The second-order valence-corrected chi connectivity index (χ2v) is 6.07. The van der Waals surface area contributed by atoms with Gasteiger partial charge in [0, 0.05) is 11.1 Å². The van der Waals surface area contributed by atoms with Gasteiger partial charge in [-0.15, -0.1) is 0 Å². The molecule has 1 atom stereocenters. The first-order valence-corrected chi connectivity index (χ1v) is 8.30. The summed E-state index contributed by atoms with van der Waals surface area (Å²) in [7, 11) is 0. The molecular formula is C17H26ClNO. The molecule has 3 heteroatoms. The third-order valence-corrected chi connectivity index (χ3v) is 4.33. The average Bonchev–Trinajstić information content (AvgIpc) is 2.48. The summed E-state index contributed by atoms with van der Waals surface area (Å²) < 4.78 is 5.83. The Balaban J connectivity index is 1.74. The number of benzene rings is 1. The normalized spacial score (nSPS) is 20.0. The third kappa shape index (κ3) is 4.99. The minimum absolute atomic E-state index is 0.711. The molecule has 0 N–H and O–H groups in total. The highest BCUT2D eigenvalue weighted by Gasteiger charge is 2.21. The highest BCUT2D eigenvalue weighted by atomic mass is 35.5. The van der Waals surface area contributed by atoms with Crippen molar-refractivity contribution in [2.45, 2.75) is 51.5 Å². The lowest BCUT2D eigenvalue weighted by Crippen LogP contribution is -2.40. The topological polar surface area (TPSA) is 12.5 Å². The van der Waals surface area contributed by atoms with Crippen molar-refractivity contribution in [3.05, 3.63) is 29.3 Å². The molecule has 1 aromatic rings. The molecule has 112 valence electrons. The number of hydrogen-bond acceptors (Lipinski definition) is 2. The molecule has 1 fully saturated rings. The maximum atomic E-state index is 5.87. The molecule has 0 saturated carbocycles. The molecule has 0 aliphatic carbocycles. The lowest BCUT2D eigenvalue weighted by Gasteiger charge is -2.35. The Hall–Kier alpha value is -0.730. The molecule has 1 aliphatic heterocycles. The van der Waals surface area contributed by atoms with Gasteiger partial charge in [-0.05, 0) is 63.0 Å². The summed E-state index contributed by atoms with van der Waals surface area (Å²) in [6.45, 7) is 5.59. The molecule has 1 unspecified atom stereocenters. The van der Waals surface area contributed by atoms with Crippen LogP contribution < -0.4 is 4.74 Å². The van der Waals surface area contributed by atoms with Gasteiger partial charge in [0.1, 0.15) is 5.75 Å². The predicted octanol–water partition coefficient (Wildman–Crippen LogP) is 4.76. The number of hydrogen-bond donors (Lipinski definition) is 0. The van der Waals surface area contributed by atoms with Gasteiger partial charge in [0.05, 0.1) is 6.61 Å². The highest BCUT2D eigenvalue weighted by molar-refractivity contribution is 6.30. The number of likely N-dealkylation sites (tertiary alicyclic amines) is 1. The van der Waals surface area contributed by atoms with Crippen LogP contribution in [0.5, 0.6) is 5.75 Å². The van der Waals surface area contributed by atoms with Gasteiger partial charge in [0.2, 0.25) is 0 Å². The van der Waals surface area contributed by atoms with Crippen molar-refractivity contribution in [1.29, 1.82) is 0 Å². The van der Waals surface area contributed by atoms with Gasteiger partial charge in [0.15, 0.2) is 0 Å². The Morgan fingerprint density at radius 1 is 1.25 bits per heavy atom. The smallest absolute Gasteiger partial charge is 0.119 e. The fourth-order valence-corrected chi connectivity index (χ4v) is 3.01. The van der Waals surface area contributed by atoms with E-state index in [1.165, 1.54) is 45.2 Å². The van der Waals surface area contributed by atoms with Crippen LogP contribution in [0.3, 0.4) is 0 Å². The number of rotatable bonds is 7. The van der Waals surface area contributed by atoms with Crippen LogP contribution in [0.4, 0.5) is 0 Å². The number of nitrogens with zero attached hydrogens (tertiary/aromatic N) is 1. The standard InChI is InChI=1S/C17H26ClNO/c1-2-3-12-19-13-5-4-6-16(19)11-14-20-17-9-7-15(18)8-10-17/h7-10,16H,2-6,11-14H2,1H3. The molecule has 1 aliphatic rings. The lowest BCUT2D eigenvalue weighted by molar-refractivity contribution is 0.122. The van der Waals surface area contributed by atoms with E-state index in [2.05, 4.69) is 11.8 Å². The second kappa shape index (κ2) is 8.53. The van der Waals surface area contributed by atoms with Crippen LogP contribution in [-0.2, 0) is 0 Å². The van der Waals surface area contributed by atoms with E-state index in [1.54, 1.807) is 0 Å². The van der Waals surface area contributed by atoms with Gasteiger partial charge in [-0.25, -0.2) is 0 Å². The van der Waals surface area contributed by atoms with Crippen molar-refractivity contribution in [2.75, 3.05) is 19.7 Å². The van der Waals surface area contributed by atoms with E-state index in [0.29, 0.717) is 6.04 Å². The molecule has 2 nitrogen and oxygen atoms in total. The fraction of sp³-hybridized carbons (Fsp3) is 0.647. The lowest BCUT2D eigenvalue weighted by atomic mass is 9.99. The van der Waals surface area contributed by atoms with Crippen LogP contribution in [0.25, 0.3) is 0 Å². The molecule has 0 spiro atoms. The van der Waals surface area contributed by atoms with Crippen LogP contribution >= 0.6 is 11.6 Å². The maximum absolute atomic E-state index is 5.87. The van der Waals surface area contributed by atoms with Crippen LogP contribution in [0.15, 0.2) is 24.3 Å². The molecule has 0 aromatic heterocycles. The summed E-state index contributed by atoms with van der Waals surface area (Å²) >= 11 is 5.87. The van der Waals surface area contributed by atoms with Crippen LogP contribution in [0.1, 0.15) is 45.4 Å². The van der Waals surface area contributed by atoms with Crippen LogP contribution in [0, 0.1) is 0 Å². The Bertz CT molecular complexity index is 379. The minimum Gasteiger partial charge on any atom is -0.494 e. The third-order valence-electron chi connectivity index (χ3n) is 4.08. The Morgan fingerprint density at radius 2 is 2.05 bits per heavy atom. The van der Waals surface area contributed by atoms with Crippen LogP contribution in [0.2, 0.25) is 5.02 Å². The van der Waals surface area contributed by atoms with Gasteiger partial charge >= 0.3 is 0 Å². The predicted molar refractivity (Wildman–Crippen MR) is 85.7 cm³/mol. The van der Waals surface area contributed by atoms with Crippen molar-refractivity contribution in [3.63, 3.8) is 0 Å². The fourth-order valence-electron chi connectivity index (χ4n) is 2.89. The zero-order valence-corrected chi connectivity index (χ0v) is 13.2. The molecule has 1 saturated heterocycles. The summed E-state index contributed by atoms with van der Waals surface area (Å²) in [5, 5.41) is 0.760. The number of halogens is 1. The molecule has 0 bridgehead atoms. The summed E-state index contributed by atoms with van der Waals surface area (Å²) in [6.07, 6.45) is 7.78. The summed E-state index contributed by atoms with van der Waals surface area (Å²) in [4.78, 5) is 2.66. The molecule has 2 rings (SSSR count). The first-order valence-electron chi connectivity index (χ1n) is 7.92. The SMILES string of the molecule is CCCCN1CCCCC1CCOc1ccc(Cl)cc1. The largest absolute Gasteiger partial charge is 0.494 e. The molecule has 20 heavy (non-hydrogen) atoms. The van der Waals surface area contributed by atoms with Gasteiger partial charge in [-0.1, -0.05) is 31.4 Å².